The van der Waals surface area contributed by atoms with Crippen LogP contribution in [-0.2, 0) is 7.05 Å². The molecule has 0 aliphatic rings. The molecule has 62 valence electrons. The van der Waals surface area contributed by atoms with Crippen LogP contribution < -0.4 is 28.5 Å². The summed E-state index contributed by atoms with van der Waals surface area (Å²) in [7, 11) is 2.03. The van der Waals surface area contributed by atoms with Gasteiger partial charge in [-0.05, 0) is 11.5 Å². The SMILES string of the molecule is C[n+]1ccc2ccccc2c1.[I-]. The van der Waals surface area contributed by atoms with Crippen LogP contribution in [-0.4, -0.2) is 0 Å². The van der Waals surface area contributed by atoms with E-state index in [1.807, 2.05) is 7.05 Å². The van der Waals surface area contributed by atoms with Crippen LogP contribution in [0.15, 0.2) is 42.7 Å². The smallest absolute Gasteiger partial charge is 0.176 e. The van der Waals surface area contributed by atoms with Crippen LogP contribution in [0.5, 0.6) is 0 Å². The fourth-order valence-electron chi connectivity index (χ4n) is 1.24. The molecule has 12 heavy (non-hydrogen) atoms. The third-order valence-corrected chi connectivity index (χ3v) is 1.83. The fraction of sp³-hybridized carbons (Fsp3) is 0.100. The van der Waals surface area contributed by atoms with Crippen LogP contribution in [0.2, 0.25) is 0 Å². The first-order valence-corrected chi connectivity index (χ1v) is 3.70. The topological polar surface area (TPSA) is 3.88 Å². The Labute approximate surface area is 89.1 Å². The molecular weight excluding hydrogens is 261 g/mol. The van der Waals surface area contributed by atoms with E-state index < -0.39 is 0 Å². The van der Waals surface area contributed by atoms with Crippen molar-refractivity contribution in [1.82, 2.24) is 0 Å². The molecule has 0 fully saturated rings. The molecule has 0 atom stereocenters. The second kappa shape index (κ2) is 3.85. The summed E-state index contributed by atoms with van der Waals surface area (Å²) in [6.45, 7) is 0. The number of nitrogens with zero attached hydrogens (tertiary/aromatic N) is 1. The van der Waals surface area contributed by atoms with Crippen LogP contribution in [0.25, 0.3) is 10.8 Å². The molecule has 0 aliphatic carbocycles. The van der Waals surface area contributed by atoms with Crippen LogP contribution >= 0.6 is 0 Å². The lowest BCUT2D eigenvalue weighted by molar-refractivity contribution is -0.670. The van der Waals surface area contributed by atoms with Gasteiger partial charge in [0.1, 0.15) is 7.05 Å². The number of benzene rings is 1. The Balaban J connectivity index is 0.000000720. The first-order chi connectivity index (χ1) is 5.36. The van der Waals surface area contributed by atoms with Crippen molar-refractivity contribution in [3.05, 3.63) is 42.7 Å². The zero-order chi connectivity index (χ0) is 7.68. The molecule has 2 aromatic rings. The van der Waals surface area contributed by atoms with Gasteiger partial charge in [-0.2, -0.15) is 0 Å². The molecule has 0 unspecified atom stereocenters. The molecule has 0 N–H and O–H groups in total. The van der Waals surface area contributed by atoms with Gasteiger partial charge < -0.3 is 24.0 Å². The first kappa shape index (κ1) is 9.45. The van der Waals surface area contributed by atoms with E-state index in [9.17, 15) is 0 Å². The summed E-state index contributed by atoms with van der Waals surface area (Å²) in [6, 6.07) is 10.5. The number of fused-ring (bicyclic) bond motifs is 1. The maximum absolute atomic E-state index is 2.12. The molecule has 0 radical (unpaired) electrons. The minimum atomic E-state index is 0. The number of pyridine rings is 1. The number of rotatable bonds is 0. The minimum Gasteiger partial charge on any atom is -1.00 e. The predicted octanol–water partition coefficient (Wildman–Crippen LogP) is -1.33. The largest absolute Gasteiger partial charge is 1.00 e. The average Bonchev–Trinajstić information content (AvgIpc) is 2.04. The van der Waals surface area contributed by atoms with Crippen molar-refractivity contribution >= 4 is 10.8 Å². The Kier molecular flexibility index (Phi) is 3.03. The van der Waals surface area contributed by atoms with Gasteiger partial charge in [-0.15, -0.1) is 0 Å². The van der Waals surface area contributed by atoms with Crippen molar-refractivity contribution in [1.29, 1.82) is 0 Å². The third-order valence-electron chi connectivity index (χ3n) is 1.83. The van der Waals surface area contributed by atoms with Gasteiger partial charge in [0.25, 0.3) is 0 Å². The van der Waals surface area contributed by atoms with Crippen LogP contribution in [0, 0.1) is 0 Å². The Morgan fingerprint density at radius 1 is 1.00 bits per heavy atom. The quantitative estimate of drug-likeness (QED) is 0.413. The molecule has 1 aromatic carbocycles. The molecule has 2 heteroatoms. The Morgan fingerprint density at radius 3 is 2.42 bits per heavy atom. The van der Waals surface area contributed by atoms with Gasteiger partial charge in [-0.1, -0.05) is 18.2 Å². The standard InChI is InChI=1S/C10H10N.HI/c1-11-7-6-9-4-2-3-5-10(9)8-11;/h2-8H,1H3;1H/q+1;/p-1. The van der Waals surface area contributed by atoms with Gasteiger partial charge in [0, 0.05) is 11.5 Å². The fourth-order valence-corrected chi connectivity index (χ4v) is 1.24. The normalized spacial score (nSPS) is 9.42. The molecule has 0 bridgehead atoms. The molecule has 0 amide bonds. The molecular formula is C10H10IN. The lowest BCUT2D eigenvalue weighted by Gasteiger charge is -1.92. The van der Waals surface area contributed by atoms with Gasteiger partial charge in [0.2, 0.25) is 0 Å². The summed E-state index contributed by atoms with van der Waals surface area (Å²) >= 11 is 0. The van der Waals surface area contributed by atoms with Crippen molar-refractivity contribution in [2.45, 2.75) is 0 Å². The summed E-state index contributed by atoms with van der Waals surface area (Å²) in [6.07, 6.45) is 4.18. The average molecular weight is 271 g/mol. The molecule has 0 saturated heterocycles. The highest BCUT2D eigenvalue weighted by atomic mass is 127. The molecule has 0 spiro atoms. The van der Waals surface area contributed by atoms with Crippen LogP contribution in [0.4, 0.5) is 0 Å². The molecule has 1 nitrogen and oxygen atoms in total. The summed E-state index contributed by atoms with van der Waals surface area (Å²) in [4.78, 5) is 0. The molecule has 0 saturated carbocycles. The number of aryl methyl sites for hydroxylation is 1. The van der Waals surface area contributed by atoms with Gasteiger partial charge >= 0.3 is 0 Å². The van der Waals surface area contributed by atoms with Gasteiger partial charge in [0.05, 0.1) is 0 Å². The summed E-state index contributed by atoms with van der Waals surface area (Å²) in [5.74, 6) is 0. The van der Waals surface area contributed by atoms with Gasteiger partial charge in [-0.25, -0.2) is 4.57 Å². The Hall–Kier alpha value is -0.640. The monoisotopic (exact) mass is 271 g/mol. The van der Waals surface area contributed by atoms with E-state index in [1.54, 1.807) is 0 Å². The third kappa shape index (κ3) is 1.75. The highest BCUT2D eigenvalue weighted by Gasteiger charge is 1.94. The minimum absolute atomic E-state index is 0. The maximum Gasteiger partial charge on any atom is 0.176 e. The Morgan fingerprint density at radius 2 is 1.67 bits per heavy atom. The zero-order valence-electron chi connectivity index (χ0n) is 6.87. The van der Waals surface area contributed by atoms with Crippen molar-refractivity contribution in [2.24, 2.45) is 7.05 Å². The lowest BCUT2D eigenvalue weighted by Crippen LogP contribution is -3.00. The van der Waals surface area contributed by atoms with E-state index in [4.69, 9.17) is 0 Å². The zero-order valence-corrected chi connectivity index (χ0v) is 9.02. The number of halogens is 1. The second-order valence-corrected chi connectivity index (χ2v) is 2.74. The van der Waals surface area contributed by atoms with Crippen LogP contribution in [0.3, 0.4) is 0 Å². The maximum atomic E-state index is 2.12. The highest BCUT2D eigenvalue weighted by molar-refractivity contribution is 5.80. The first-order valence-electron chi connectivity index (χ1n) is 3.70. The van der Waals surface area contributed by atoms with Crippen molar-refractivity contribution in [3.63, 3.8) is 0 Å². The second-order valence-electron chi connectivity index (χ2n) is 2.74. The summed E-state index contributed by atoms with van der Waals surface area (Å²) < 4.78 is 2.06. The molecule has 0 aliphatic heterocycles. The Bertz CT molecular complexity index is 384. The highest BCUT2D eigenvalue weighted by Crippen LogP contribution is 2.08. The van der Waals surface area contributed by atoms with E-state index in [2.05, 4.69) is 47.3 Å². The van der Waals surface area contributed by atoms with Crippen molar-refractivity contribution in [2.75, 3.05) is 0 Å². The number of hydrogen-bond acceptors (Lipinski definition) is 0. The molecule has 1 heterocycles. The molecule has 1 aromatic heterocycles. The number of hydrogen-bond donors (Lipinski definition) is 0. The van der Waals surface area contributed by atoms with E-state index in [0.717, 1.165) is 0 Å². The van der Waals surface area contributed by atoms with E-state index in [-0.39, 0.29) is 24.0 Å². The number of aromatic nitrogens is 1. The van der Waals surface area contributed by atoms with Gasteiger partial charge in [0.15, 0.2) is 12.4 Å². The summed E-state index contributed by atoms with van der Waals surface area (Å²) in [5, 5.41) is 2.59. The van der Waals surface area contributed by atoms with Crippen LogP contribution in [0.1, 0.15) is 0 Å². The van der Waals surface area contributed by atoms with Crippen molar-refractivity contribution in [3.8, 4) is 0 Å². The molecule has 2 rings (SSSR count). The van der Waals surface area contributed by atoms with Gasteiger partial charge in [-0.3, -0.25) is 0 Å². The van der Waals surface area contributed by atoms with E-state index in [0.29, 0.717) is 0 Å². The van der Waals surface area contributed by atoms with E-state index in [1.165, 1.54) is 10.8 Å². The van der Waals surface area contributed by atoms with Crippen molar-refractivity contribution < 1.29 is 28.5 Å². The van der Waals surface area contributed by atoms with E-state index >= 15 is 0 Å². The lowest BCUT2D eigenvalue weighted by atomic mass is 10.2. The summed E-state index contributed by atoms with van der Waals surface area (Å²) in [5.41, 5.74) is 0. The predicted molar refractivity (Wildman–Crippen MR) is 45.1 cm³/mol.